The molecule has 1 aromatic rings. The molecule has 1 fully saturated rings. The number of hydrogen-bond donors (Lipinski definition) is 2. The van der Waals surface area contributed by atoms with E-state index < -0.39 is 10.0 Å². The first kappa shape index (κ1) is 18.5. The maximum Gasteiger partial charge on any atom is 0.317 e. The van der Waals surface area contributed by atoms with Gasteiger partial charge in [-0.25, -0.2) is 23.3 Å². The van der Waals surface area contributed by atoms with E-state index >= 15 is 0 Å². The summed E-state index contributed by atoms with van der Waals surface area (Å²) in [4.78, 5) is 18.0. The van der Waals surface area contributed by atoms with Crippen molar-refractivity contribution < 1.29 is 13.2 Å². The maximum absolute atomic E-state index is 12.0. The number of likely N-dealkylation sites (tertiary alicyclic amines) is 1. The zero-order valence-corrected chi connectivity index (χ0v) is 15.4. The lowest BCUT2D eigenvalue weighted by molar-refractivity contribution is 0.182. The summed E-state index contributed by atoms with van der Waals surface area (Å²) in [5, 5.41) is 16.0. The van der Waals surface area contributed by atoms with E-state index in [1.165, 1.54) is 6.07 Å². The SMILES string of the molecule is CCNC(=O)N1CCC(c2cccc(S(N)(=O)=O)c2C2=NCN=N2)CC1. The van der Waals surface area contributed by atoms with Crippen LogP contribution in [0.1, 0.15) is 36.8 Å². The molecule has 2 heterocycles. The Morgan fingerprint density at radius 2 is 2.08 bits per heavy atom. The third kappa shape index (κ3) is 3.75. The molecule has 26 heavy (non-hydrogen) atoms. The highest BCUT2D eigenvalue weighted by Crippen LogP contribution is 2.34. The van der Waals surface area contributed by atoms with Crippen molar-refractivity contribution in [3.63, 3.8) is 0 Å². The largest absolute Gasteiger partial charge is 0.338 e. The monoisotopic (exact) mass is 378 g/mol. The number of hydrogen-bond acceptors (Lipinski definition) is 6. The summed E-state index contributed by atoms with van der Waals surface area (Å²) in [6.07, 6.45) is 1.45. The molecule has 9 nitrogen and oxygen atoms in total. The van der Waals surface area contributed by atoms with Gasteiger partial charge in [-0.05, 0) is 37.3 Å². The van der Waals surface area contributed by atoms with E-state index in [1.807, 2.05) is 13.0 Å². The zero-order valence-electron chi connectivity index (χ0n) is 14.6. The number of aliphatic imine (C=N–C) groups is 1. The van der Waals surface area contributed by atoms with Crippen LogP contribution in [-0.4, -0.2) is 51.5 Å². The van der Waals surface area contributed by atoms with Gasteiger partial charge < -0.3 is 10.2 Å². The first-order chi connectivity index (χ1) is 12.4. The Bertz CT molecular complexity index is 857. The van der Waals surface area contributed by atoms with Gasteiger partial charge in [0, 0.05) is 25.2 Å². The first-order valence-electron chi connectivity index (χ1n) is 8.52. The van der Waals surface area contributed by atoms with E-state index in [9.17, 15) is 13.2 Å². The molecular weight excluding hydrogens is 356 g/mol. The van der Waals surface area contributed by atoms with Gasteiger partial charge in [-0.1, -0.05) is 12.1 Å². The van der Waals surface area contributed by atoms with Crippen LogP contribution in [0.25, 0.3) is 0 Å². The Labute approximate surface area is 152 Å². The van der Waals surface area contributed by atoms with E-state index in [-0.39, 0.29) is 23.5 Å². The highest BCUT2D eigenvalue weighted by atomic mass is 32.2. The number of nitrogens with two attached hydrogens (primary N) is 1. The Hall–Kier alpha value is -2.33. The number of carbonyl (C=O) groups excluding carboxylic acids is 1. The number of carbonyl (C=O) groups is 1. The Kier molecular flexibility index (Phi) is 5.33. The number of amidine groups is 1. The van der Waals surface area contributed by atoms with Crippen molar-refractivity contribution in [2.24, 2.45) is 20.4 Å². The fraction of sp³-hybridized carbons (Fsp3) is 0.500. The minimum absolute atomic E-state index is 0.0146. The lowest BCUT2D eigenvalue weighted by atomic mass is 9.86. The lowest BCUT2D eigenvalue weighted by Gasteiger charge is -2.33. The second-order valence-electron chi connectivity index (χ2n) is 6.23. The van der Waals surface area contributed by atoms with Crippen molar-refractivity contribution in [2.75, 3.05) is 26.3 Å². The quantitative estimate of drug-likeness (QED) is 0.821. The van der Waals surface area contributed by atoms with Gasteiger partial charge in [0.15, 0.2) is 12.5 Å². The van der Waals surface area contributed by atoms with E-state index in [4.69, 9.17) is 5.14 Å². The Balaban J connectivity index is 1.92. The van der Waals surface area contributed by atoms with Crippen LogP contribution in [0.3, 0.4) is 0 Å². The molecule has 3 rings (SSSR count). The third-order valence-electron chi connectivity index (χ3n) is 4.59. The van der Waals surface area contributed by atoms with Gasteiger partial charge in [-0.3, -0.25) is 0 Å². The van der Waals surface area contributed by atoms with Crippen LogP contribution in [0.4, 0.5) is 4.79 Å². The average molecular weight is 378 g/mol. The number of amides is 2. The summed E-state index contributed by atoms with van der Waals surface area (Å²) in [5.41, 5.74) is 1.28. The number of azo groups is 1. The van der Waals surface area contributed by atoms with Crippen LogP contribution < -0.4 is 10.5 Å². The number of nitrogens with zero attached hydrogens (tertiary/aromatic N) is 4. The molecule has 1 saturated heterocycles. The number of benzene rings is 1. The van der Waals surface area contributed by atoms with Crippen molar-refractivity contribution >= 4 is 21.9 Å². The maximum atomic E-state index is 12.0. The van der Waals surface area contributed by atoms with Crippen molar-refractivity contribution in [3.05, 3.63) is 29.3 Å². The molecule has 0 saturated carbocycles. The van der Waals surface area contributed by atoms with Crippen molar-refractivity contribution in [1.29, 1.82) is 0 Å². The Morgan fingerprint density at radius 3 is 2.65 bits per heavy atom. The van der Waals surface area contributed by atoms with Gasteiger partial charge in [0.1, 0.15) is 0 Å². The van der Waals surface area contributed by atoms with Crippen molar-refractivity contribution in [3.8, 4) is 0 Å². The van der Waals surface area contributed by atoms with E-state index in [2.05, 4.69) is 20.5 Å². The van der Waals surface area contributed by atoms with Crippen LogP contribution in [-0.2, 0) is 10.0 Å². The molecule has 140 valence electrons. The summed E-state index contributed by atoms with van der Waals surface area (Å²) in [7, 11) is -3.92. The average Bonchev–Trinajstić information content (AvgIpc) is 3.15. The van der Waals surface area contributed by atoms with E-state index in [1.54, 1.807) is 11.0 Å². The number of urea groups is 1. The molecule has 0 atom stereocenters. The van der Waals surface area contributed by atoms with E-state index in [0.29, 0.717) is 31.0 Å². The minimum atomic E-state index is -3.92. The number of sulfonamides is 1. The van der Waals surface area contributed by atoms with Gasteiger partial charge in [0.25, 0.3) is 0 Å². The van der Waals surface area contributed by atoms with Crippen LogP contribution >= 0.6 is 0 Å². The molecule has 3 N–H and O–H groups in total. The predicted molar refractivity (Wildman–Crippen MR) is 96.7 cm³/mol. The minimum Gasteiger partial charge on any atom is -0.338 e. The fourth-order valence-electron chi connectivity index (χ4n) is 3.38. The molecule has 2 amide bonds. The topological polar surface area (TPSA) is 130 Å². The molecule has 1 aromatic carbocycles. The van der Waals surface area contributed by atoms with Crippen molar-refractivity contribution in [1.82, 2.24) is 10.2 Å². The third-order valence-corrected chi connectivity index (χ3v) is 5.54. The summed E-state index contributed by atoms with van der Waals surface area (Å²) >= 11 is 0. The molecule has 2 aliphatic rings. The van der Waals surface area contributed by atoms with Crippen molar-refractivity contribution in [2.45, 2.75) is 30.6 Å². The Morgan fingerprint density at radius 1 is 1.35 bits per heavy atom. The predicted octanol–water partition coefficient (Wildman–Crippen LogP) is 1.41. The molecule has 0 spiro atoms. The standard InChI is InChI=1S/C16H22N6O3S/c1-2-18-16(23)22-8-6-11(7-9-22)12-4-3-5-13(26(17,24)25)14(12)15-19-10-20-21-15/h3-5,11H,2,6-10H2,1H3,(H,18,23)(H2,17,24,25). The number of rotatable bonds is 4. The highest BCUT2D eigenvalue weighted by Gasteiger charge is 2.29. The van der Waals surface area contributed by atoms with E-state index in [0.717, 1.165) is 18.4 Å². The molecule has 10 heteroatoms. The van der Waals surface area contributed by atoms with Crippen LogP contribution in [0.15, 0.2) is 38.3 Å². The second kappa shape index (κ2) is 7.50. The van der Waals surface area contributed by atoms with Crippen LogP contribution in [0, 0.1) is 0 Å². The second-order valence-corrected chi connectivity index (χ2v) is 7.76. The summed E-state index contributed by atoms with van der Waals surface area (Å²) in [6.45, 7) is 3.85. The summed E-state index contributed by atoms with van der Waals surface area (Å²) in [6, 6.07) is 4.96. The van der Waals surface area contributed by atoms with Gasteiger partial charge in [0.2, 0.25) is 10.0 Å². The zero-order chi connectivity index (χ0) is 18.7. The first-order valence-corrected chi connectivity index (χ1v) is 10.1. The van der Waals surface area contributed by atoms with Crippen LogP contribution in [0.2, 0.25) is 0 Å². The molecule has 0 aromatic heterocycles. The van der Waals surface area contributed by atoms with Gasteiger partial charge in [-0.2, -0.15) is 5.11 Å². The smallest absolute Gasteiger partial charge is 0.317 e. The van der Waals surface area contributed by atoms with Gasteiger partial charge >= 0.3 is 6.03 Å². The molecule has 0 bridgehead atoms. The normalized spacial score (nSPS) is 18.1. The fourth-order valence-corrected chi connectivity index (χ4v) is 4.14. The summed E-state index contributed by atoms with van der Waals surface area (Å²) in [5.74, 6) is 0.395. The molecule has 0 aliphatic carbocycles. The lowest BCUT2D eigenvalue weighted by Crippen LogP contribution is -2.44. The molecule has 0 unspecified atom stereocenters. The molecule has 2 aliphatic heterocycles. The van der Waals surface area contributed by atoms with Gasteiger partial charge in [-0.15, -0.1) is 5.11 Å². The summed E-state index contributed by atoms with van der Waals surface area (Å²) < 4.78 is 24.1. The number of primary sulfonamides is 1. The molecular formula is C16H22N6O3S. The number of nitrogens with one attached hydrogen (secondary N) is 1. The van der Waals surface area contributed by atoms with Crippen LogP contribution in [0.5, 0.6) is 0 Å². The highest BCUT2D eigenvalue weighted by molar-refractivity contribution is 7.89. The van der Waals surface area contributed by atoms with Gasteiger partial charge in [0.05, 0.1) is 4.90 Å². The number of piperidine rings is 1. The molecule has 0 radical (unpaired) electrons.